The third kappa shape index (κ3) is 1.90. The summed E-state index contributed by atoms with van der Waals surface area (Å²) in [5, 5.41) is 5.53. The molecule has 0 saturated carbocycles. The van der Waals surface area contributed by atoms with E-state index in [1.54, 1.807) is 0 Å². The third-order valence-corrected chi connectivity index (χ3v) is 1.81. The number of carbonyl (C=O) groups excluding carboxylic acids is 1. The molecule has 0 bridgehead atoms. The van der Waals surface area contributed by atoms with E-state index in [4.69, 9.17) is 0 Å². The van der Waals surface area contributed by atoms with Crippen molar-refractivity contribution in [2.45, 2.75) is 20.3 Å². The van der Waals surface area contributed by atoms with Crippen LogP contribution >= 0.6 is 0 Å². The molecule has 1 heterocycles. The van der Waals surface area contributed by atoms with Crippen molar-refractivity contribution in [3.8, 4) is 0 Å². The summed E-state index contributed by atoms with van der Waals surface area (Å²) in [7, 11) is 0. The molecule has 0 aromatic carbocycles. The van der Waals surface area contributed by atoms with Gasteiger partial charge in [0.05, 0.1) is 0 Å². The van der Waals surface area contributed by atoms with Gasteiger partial charge in [-0.1, -0.05) is 13.8 Å². The summed E-state index contributed by atoms with van der Waals surface area (Å²) in [6.45, 7) is 5.87. The fourth-order valence-corrected chi connectivity index (χ4v) is 0.985. The van der Waals surface area contributed by atoms with Gasteiger partial charge in [0.1, 0.15) is 0 Å². The van der Waals surface area contributed by atoms with Crippen LogP contribution in [0.5, 0.6) is 0 Å². The number of urea groups is 1. The number of amides is 2. The zero-order valence-electron chi connectivity index (χ0n) is 6.53. The molecule has 1 aliphatic heterocycles. The minimum absolute atomic E-state index is 0.0365. The van der Waals surface area contributed by atoms with E-state index in [0.717, 1.165) is 19.5 Å². The van der Waals surface area contributed by atoms with E-state index in [1.165, 1.54) is 0 Å². The van der Waals surface area contributed by atoms with Gasteiger partial charge in [0.25, 0.3) is 0 Å². The molecule has 2 amide bonds. The van der Waals surface area contributed by atoms with E-state index in [2.05, 4.69) is 24.5 Å². The molecule has 0 spiro atoms. The van der Waals surface area contributed by atoms with Gasteiger partial charge in [-0.05, 0) is 11.8 Å². The van der Waals surface area contributed by atoms with Crippen LogP contribution in [0.4, 0.5) is 4.79 Å². The van der Waals surface area contributed by atoms with Gasteiger partial charge in [0.2, 0.25) is 0 Å². The highest BCUT2D eigenvalue weighted by Gasteiger charge is 2.21. The Hall–Kier alpha value is -0.730. The molecule has 3 nitrogen and oxygen atoms in total. The van der Waals surface area contributed by atoms with E-state index < -0.39 is 0 Å². The molecule has 1 saturated heterocycles. The van der Waals surface area contributed by atoms with Gasteiger partial charge in [0, 0.05) is 13.1 Å². The molecule has 2 N–H and O–H groups in total. The van der Waals surface area contributed by atoms with E-state index in [0.29, 0.717) is 0 Å². The SMILES string of the molecule is CC1(C)CCNC(=O)NC1. The van der Waals surface area contributed by atoms with Crippen molar-refractivity contribution in [3.05, 3.63) is 0 Å². The number of carbonyl (C=O) groups is 1. The summed E-state index contributed by atoms with van der Waals surface area (Å²) in [5.41, 5.74) is 0.249. The lowest BCUT2D eigenvalue weighted by atomic mass is 9.90. The van der Waals surface area contributed by atoms with Gasteiger partial charge in [-0.15, -0.1) is 0 Å². The van der Waals surface area contributed by atoms with E-state index >= 15 is 0 Å². The first-order valence-corrected chi connectivity index (χ1v) is 3.62. The monoisotopic (exact) mass is 142 g/mol. The second-order valence-corrected chi connectivity index (χ2v) is 3.52. The van der Waals surface area contributed by atoms with E-state index in [-0.39, 0.29) is 11.4 Å². The van der Waals surface area contributed by atoms with Crippen molar-refractivity contribution in [1.29, 1.82) is 0 Å². The quantitative estimate of drug-likeness (QED) is 0.514. The Morgan fingerprint density at radius 1 is 1.40 bits per heavy atom. The van der Waals surface area contributed by atoms with Crippen LogP contribution in [0.3, 0.4) is 0 Å². The molecular weight excluding hydrogens is 128 g/mol. The molecule has 1 rings (SSSR count). The minimum atomic E-state index is -0.0365. The topological polar surface area (TPSA) is 41.1 Å². The summed E-state index contributed by atoms with van der Waals surface area (Å²) >= 11 is 0. The highest BCUT2D eigenvalue weighted by Crippen LogP contribution is 2.18. The Bertz CT molecular complexity index is 143. The largest absolute Gasteiger partial charge is 0.338 e. The molecule has 0 aromatic rings. The number of hydrogen-bond donors (Lipinski definition) is 2. The molecule has 1 fully saturated rings. The van der Waals surface area contributed by atoms with Gasteiger partial charge in [-0.25, -0.2) is 4.79 Å². The molecule has 0 aromatic heterocycles. The molecule has 0 unspecified atom stereocenters. The number of nitrogens with one attached hydrogen (secondary N) is 2. The van der Waals surface area contributed by atoms with Gasteiger partial charge < -0.3 is 10.6 Å². The summed E-state index contributed by atoms with van der Waals surface area (Å²) in [6, 6.07) is -0.0365. The van der Waals surface area contributed by atoms with E-state index in [9.17, 15) is 4.79 Å². The highest BCUT2D eigenvalue weighted by molar-refractivity contribution is 5.74. The van der Waals surface area contributed by atoms with Crippen LogP contribution in [-0.2, 0) is 0 Å². The lowest BCUT2D eigenvalue weighted by Gasteiger charge is -2.20. The van der Waals surface area contributed by atoms with Gasteiger partial charge in [-0.2, -0.15) is 0 Å². The Kier molecular flexibility index (Phi) is 1.83. The molecule has 0 atom stereocenters. The Labute approximate surface area is 61.2 Å². The minimum Gasteiger partial charge on any atom is -0.338 e. The van der Waals surface area contributed by atoms with Crippen LogP contribution in [0.15, 0.2) is 0 Å². The van der Waals surface area contributed by atoms with Crippen molar-refractivity contribution in [2.75, 3.05) is 13.1 Å². The average Bonchev–Trinajstić information content (AvgIpc) is 1.94. The second kappa shape index (κ2) is 2.48. The van der Waals surface area contributed by atoms with Gasteiger partial charge in [-0.3, -0.25) is 0 Å². The van der Waals surface area contributed by atoms with Gasteiger partial charge >= 0.3 is 6.03 Å². The molecule has 0 radical (unpaired) electrons. The summed E-state index contributed by atoms with van der Waals surface area (Å²) in [6.07, 6.45) is 1.05. The highest BCUT2D eigenvalue weighted by atomic mass is 16.2. The van der Waals surface area contributed by atoms with Crippen molar-refractivity contribution < 1.29 is 4.79 Å². The first kappa shape index (κ1) is 7.38. The van der Waals surface area contributed by atoms with Crippen LogP contribution < -0.4 is 10.6 Å². The maximum Gasteiger partial charge on any atom is 0.314 e. The lowest BCUT2D eigenvalue weighted by molar-refractivity contribution is 0.241. The van der Waals surface area contributed by atoms with Crippen molar-refractivity contribution in [1.82, 2.24) is 10.6 Å². The molecule has 10 heavy (non-hydrogen) atoms. The first-order valence-electron chi connectivity index (χ1n) is 3.62. The van der Waals surface area contributed by atoms with E-state index in [1.807, 2.05) is 0 Å². The molecular formula is C7H14N2O. The number of hydrogen-bond acceptors (Lipinski definition) is 1. The van der Waals surface area contributed by atoms with Crippen molar-refractivity contribution in [3.63, 3.8) is 0 Å². The average molecular weight is 142 g/mol. The maximum absolute atomic E-state index is 10.7. The summed E-state index contributed by atoms with van der Waals surface area (Å²) in [5.74, 6) is 0. The third-order valence-electron chi connectivity index (χ3n) is 1.81. The summed E-state index contributed by atoms with van der Waals surface area (Å²) in [4.78, 5) is 10.7. The van der Waals surface area contributed by atoms with Crippen molar-refractivity contribution in [2.24, 2.45) is 5.41 Å². The molecule has 58 valence electrons. The summed E-state index contributed by atoms with van der Waals surface area (Å²) < 4.78 is 0. The zero-order valence-corrected chi connectivity index (χ0v) is 6.53. The second-order valence-electron chi connectivity index (χ2n) is 3.52. The predicted molar refractivity (Wildman–Crippen MR) is 39.8 cm³/mol. The van der Waals surface area contributed by atoms with Crippen molar-refractivity contribution >= 4 is 6.03 Å². The standard InChI is InChI=1S/C7H14N2O/c1-7(2)3-4-8-6(10)9-5-7/h3-5H2,1-2H3,(H2,8,9,10). The Balaban J connectivity index is 2.48. The maximum atomic E-state index is 10.7. The molecule has 1 aliphatic rings. The zero-order chi connectivity index (χ0) is 7.61. The normalized spacial score (nSPS) is 24.4. The predicted octanol–water partition coefficient (Wildman–Crippen LogP) is 0.715. The molecule has 3 heteroatoms. The number of rotatable bonds is 0. The van der Waals surface area contributed by atoms with Crippen LogP contribution in [0.1, 0.15) is 20.3 Å². The fraction of sp³-hybridized carbons (Fsp3) is 0.857. The van der Waals surface area contributed by atoms with Crippen LogP contribution in [0.2, 0.25) is 0 Å². The lowest BCUT2D eigenvalue weighted by Crippen LogP contribution is -2.35. The smallest absolute Gasteiger partial charge is 0.314 e. The van der Waals surface area contributed by atoms with Crippen LogP contribution in [0.25, 0.3) is 0 Å². The van der Waals surface area contributed by atoms with Crippen LogP contribution in [0, 0.1) is 5.41 Å². The van der Waals surface area contributed by atoms with Crippen LogP contribution in [-0.4, -0.2) is 19.1 Å². The fourth-order valence-electron chi connectivity index (χ4n) is 0.985. The first-order chi connectivity index (χ1) is 4.60. The Morgan fingerprint density at radius 2 is 2.10 bits per heavy atom. The molecule has 0 aliphatic carbocycles. The van der Waals surface area contributed by atoms with Gasteiger partial charge in [0.15, 0.2) is 0 Å². The Morgan fingerprint density at radius 3 is 2.80 bits per heavy atom.